The van der Waals surface area contributed by atoms with Crippen molar-refractivity contribution < 1.29 is 4.79 Å². The molecule has 100 valence electrons. The number of nitrogens with one attached hydrogen (secondary N) is 1. The van der Waals surface area contributed by atoms with Crippen molar-refractivity contribution in [3.05, 3.63) is 18.0 Å². The van der Waals surface area contributed by atoms with Gasteiger partial charge in [-0.05, 0) is 19.8 Å². The molecule has 2 heterocycles. The van der Waals surface area contributed by atoms with Crippen molar-refractivity contribution in [2.75, 3.05) is 5.32 Å². The van der Waals surface area contributed by atoms with Crippen LogP contribution in [0.15, 0.2) is 12.4 Å². The highest BCUT2D eigenvalue weighted by atomic mass is 16.1. The predicted octanol–water partition coefficient (Wildman–Crippen LogP) is 2.62. The fourth-order valence-corrected chi connectivity index (χ4v) is 2.80. The lowest BCUT2D eigenvalue weighted by Gasteiger charge is -2.15. The third kappa shape index (κ3) is 2.09. The maximum atomic E-state index is 11.2. The highest BCUT2D eigenvalue weighted by Gasteiger charge is 2.19. The molecule has 0 amide bonds. The number of carbonyl (C=O) groups is 1. The molecule has 1 aliphatic carbocycles. The van der Waals surface area contributed by atoms with Gasteiger partial charge in [0.1, 0.15) is 0 Å². The number of aryl methyl sites for hydroxylation is 1. The Morgan fingerprint density at radius 3 is 2.89 bits per heavy atom. The van der Waals surface area contributed by atoms with Gasteiger partial charge in [-0.25, -0.2) is 9.67 Å². The van der Waals surface area contributed by atoms with E-state index in [1.165, 1.54) is 25.7 Å². The Hall–Kier alpha value is -1.91. The van der Waals surface area contributed by atoms with Crippen LogP contribution in [0.2, 0.25) is 0 Å². The summed E-state index contributed by atoms with van der Waals surface area (Å²) in [5.41, 5.74) is 2.36. The molecule has 0 bridgehead atoms. The molecule has 2 aromatic rings. The van der Waals surface area contributed by atoms with Crippen molar-refractivity contribution in [3.63, 3.8) is 0 Å². The predicted molar refractivity (Wildman–Crippen MR) is 74.5 cm³/mol. The van der Waals surface area contributed by atoms with E-state index in [0.717, 1.165) is 29.6 Å². The third-order valence-corrected chi connectivity index (χ3v) is 3.83. The van der Waals surface area contributed by atoms with E-state index in [1.54, 1.807) is 12.4 Å². The standard InChI is InChI=1S/C14H18N4O/c1-2-18-14-12(8-16-18)13(10(9-19)7-15-14)17-11-5-3-4-6-11/h7-9,11H,2-6H2,1H3,(H,15,17). The molecule has 3 rings (SSSR count). The van der Waals surface area contributed by atoms with Crippen molar-refractivity contribution in [3.8, 4) is 0 Å². The minimum absolute atomic E-state index is 0.467. The van der Waals surface area contributed by atoms with Crippen LogP contribution in [0.4, 0.5) is 5.69 Å². The first-order valence-electron chi connectivity index (χ1n) is 6.89. The summed E-state index contributed by atoms with van der Waals surface area (Å²) in [5, 5.41) is 8.78. The first kappa shape index (κ1) is 12.1. The first-order valence-corrected chi connectivity index (χ1v) is 6.89. The molecule has 0 unspecified atom stereocenters. The number of anilines is 1. The normalized spacial score (nSPS) is 16.1. The van der Waals surface area contributed by atoms with Gasteiger partial charge in [0.15, 0.2) is 11.9 Å². The SMILES string of the molecule is CCn1ncc2c(NC3CCCC3)c(C=O)cnc21. The second kappa shape index (κ2) is 4.99. The van der Waals surface area contributed by atoms with Crippen LogP contribution in [-0.2, 0) is 6.54 Å². The Kier molecular flexibility index (Phi) is 3.19. The van der Waals surface area contributed by atoms with Crippen LogP contribution in [0.5, 0.6) is 0 Å². The van der Waals surface area contributed by atoms with Crippen molar-refractivity contribution in [1.29, 1.82) is 0 Å². The summed E-state index contributed by atoms with van der Waals surface area (Å²) in [7, 11) is 0. The molecule has 1 N–H and O–H groups in total. The van der Waals surface area contributed by atoms with Gasteiger partial charge in [0.05, 0.1) is 22.8 Å². The number of nitrogens with zero attached hydrogens (tertiary/aromatic N) is 3. The maximum Gasteiger partial charge on any atom is 0.159 e. The van der Waals surface area contributed by atoms with Gasteiger partial charge in [-0.15, -0.1) is 0 Å². The molecule has 5 nitrogen and oxygen atoms in total. The largest absolute Gasteiger partial charge is 0.381 e. The molecule has 0 aliphatic heterocycles. The summed E-state index contributed by atoms with van der Waals surface area (Å²) >= 11 is 0. The number of carbonyl (C=O) groups excluding carboxylic acids is 1. The zero-order valence-electron chi connectivity index (χ0n) is 11.1. The molecule has 0 aromatic carbocycles. The number of hydrogen-bond donors (Lipinski definition) is 1. The van der Waals surface area contributed by atoms with Gasteiger partial charge < -0.3 is 5.32 Å². The summed E-state index contributed by atoms with van der Waals surface area (Å²) in [4.78, 5) is 15.6. The van der Waals surface area contributed by atoms with Crippen LogP contribution in [0.25, 0.3) is 11.0 Å². The van der Waals surface area contributed by atoms with Gasteiger partial charge in [-0.3, -0.25) is 4.79 Å². The van der Waals surface area contributed by atoms with E-state index in [-0.39, 0.29) is 0 Å². The first-order chi connectivity index (χ1) is 9.33. The van der Waals surface area contributed by atoms with E-state index in [9.17, 15) is 4.79 Å². The number of aromatic nitrogens is 3. The Balaban J connectivity index is 2.07. The smallest absolute Gasteiger partial charge is 0.159 e. The number of pyridine rings is 1. The van der Waals surface area contributed by atoms with Crippen LogP contribution in [0.1, 0.15) is 43.0 Å². The lowest BCUT2D eigenvalue weighted by atomic mass is 10.1. The summed E-state index contributed by atoms with van der Waals surface area (Å²) < 4.78 is 1.85. The lowest BCUT2D eigenvalue weighted by molar-refractivity contribution is 0.112. The van der Waals surface area contributed by atoms with Crippen molar-refractivity contribution >= 4 is 23.0 Å². The van der Waals surface area contributed by atoms with Gasteiger partial charge in [0, 0.05) is 18.8 Å². The quantitative estimate of drug-likeness (QED) is 0.856. The van der Waals surface area contributed by atoms with Crippen LogP contribution in [0.3, 0.4) is 0 Å². The van der Waals surface area contributed by atoms with E-state index in [0.29, 0.717) is 11.6 Å². The number of aldehydes is 1. The van der Waals surface area contributed by atoms with Crippen LogP contribution < -0.4 is 5.32 Å². The fourth-order valence-electron chi connectivity index (χ4n) is 2.80. The average Bonchev–Trinajstić information content (AvgIpc) is 3.07. The van der Waals surface area contributed by atoms with E-state index in [1.807, 2.05) is 11.6 Å². The highest BCUT2D eigenvalue weighted by Crippen LogP contribution is 2.29. The molecule has 1 saturated carbocycles. The van der Waals surface area contributed by atoms with Crippen molar-refractivity contribution in [1.82, 2.24) is 14.8 Å². The fraction of sp³-hybridized carbons (Fsp3) is 0.500. The molecule has 1 fully saturated rings. The maximum absolute atomic E-state index is 11.2. The number of rotatable bonds is 4. The molecule has 0 radical (unpaired) electrons. The van der Waals surface area contributed by atoms with E-state index in [2.05, 4.69) is 15.4 Å². The highest BCUT2D eigenvalue weighted by molar-refractivity contribution is 5.98. The molecular weight excluding hydrogens is 240 g/mol. The van der Waals surface area contributed by atoms with Gasteiger partial charge >= 0.3 is 0 Å². The molecule has 0 saturated heterocycles. The van der Waals surface area contributed by atoms with Crippen molar-refractivity contribution in [2.24, 2.45) is 0 Å². The Morgan fingerprint density at radius 1 is 1.42 bits per heavy atom. The molecule has 19 heavy (non-hydrogen) atoms. The van der Waals surface area contributed by atoms with Crippen molar-refractivity contribution in [2.45, 2.75) is 45.2 Å². The molecule has 5 heteroatoms. The van der Waals surface area contributed by atoms with E-state index < -0.39 is 0 Å². The summed E-state index contributed by atoms with van der Waals surface area (Å²) in [5.74, 6) is 0. The molecule has 0 atom stereocenters. The van der Waals surface area contributed by atoms with Gasteiger partial charge in [-0.2, -0.15) is 5.10 Å². The van der Waals surface area contributed by atoms with E-state index in [4.69, 9.17) is 0 Å². The number of hydrogen-bond acceptors (Lipinski definition) is 4. The Morgan fingerprint density at radius 2 is 2.21 bits per heavy atom. The molecule has 0 spiro atoms. The summed E-state index contributed by atoms with van der Waals surface area (Å²) in [6.45, 7) is 2.81. The zero-order valence-corrected chi connectivity index (χ0v) is 11.1. The minimum Gasteiger partial charge on any atom is -0.381 e. The summed E-state index contributed by atoms with van der Waals surface area (Å²) in [6.07, 6.45) is 9.17. The molecule has 2 aromatic heterocycles. The second-order valence-corrected chi connectivity index (χ2v) is 5.03. The summed E-state index contributed by atoms with van der Waals surface area (Å²) in [6, 6.07) is 0.467. The Labute approximate surface area is 112 Å². The molecular formula is C14H18N4O. The van der Waals surface area contributed by atoms with Crippen LogP contribution in [-0.4, -0.2) is 27.1 Å². The van der Waals surface area contributed by atoms with E-state index >= 15 is 0 Å². The van der Waals surface area contributed by atoms with Crippen LogP contribution >= 0.6 is 0 Å². The second-order valence-electron chi connectivity index (χ2n) is 5.03. The van der Waals surface area contributed by atoms with Crippen LogP contribution in [0, 0.1) is 0 Å². The Bertz CT molecular complexity index is 599. The van der Waals surface area contributed by atoms with Gasteiger partial charge in [0.25, 0.3) is 0 Å². The molecule has 1 aliphatic rings. The third-order valence-electron chi connectivity index (χ3n) is 3.83. The average molecular weight is 258 g/mol. The monoisotopic (exact) mass is 258 g/mol. The zero-order chi connectivity index (χ0) is 13.2. The topological polar surface area (TPSA) is 59.8 Å². The van der Waals surface area contributed by atoms with Gasteiger partial charge in [0.2, 0.25) is 0 Å². The minimum atomic E-state index is 0.467. The lowest BCUT2D eigenvalue weighted by Crippen LogP contribution is -2.16. The number of fused-ring (bicyclic) bond motifs is 1. The van der Waals surface area contributed by atoms with Gasteiger partial charge in [-0.1, -0.05) is 12.8 Å².